The quantitative estimate of drug-likeness (QED) is 0.474. The number of hydrogen-bond acceptors (Lipinski definition) is 4. The van der Waals surface area contributed by atoms with Crippen LogP contribution in [-0.2, 0) is 4.74 Å². The van der Waals surface area contributed by atoms with Crippen molar-refractivity contribution in [2.45, 2.75) is 136 Å². The van der Waals surface area contributed by atoms with E-state index in [1.54, 1.807) is 0 Å². The highest BCUT2D eigenvalue weighted by Gasteiger charge is 2.68. The molecule has 0 spiro atoms. The van der Waals surface area contributed by atoms with Gasteiger partial charge in [0.15, 0.2) is 0 Å². The normalized spacial score (nSPS) is 50.7. The van der Waals surface area contributed by atoms with Crippen molar-refractivity contribution in [1.29, 1.82) is 0 Å². The zero-order valence-electron chi connectivity index (χ0n) is 22.7. The van der Waals surface area contributed by atoms with Crippen LogP contribution >= 0.6 is 0 Å². The molecule has 0 aromatic rings. The largest absolute Gasteiger partial charge is 0.393 e. The average Bonchev–Trinajstić information content (AvgIpc) is 3.20. The average molecular weight is 463 g/mol. The molecule has 9 atom stereocenters. The first-order chi connectivity index (χ1) is 14.9. The summed E-state index contributed by atoms with van der Waals surface area (Å²) in [6, 6.07) is 0. The van der Waals surface area contributed by atoms with Gasteiger partial charge in [-0.2, -0.15) is 0 Å². The molecule has 0 radical (unpaired) electrons. The molecule has 33 heavy (non-hydrogen) atoms. The first-order valence-electron chi connectivity index (χ1n) is 13.5. The lowest BCUT2D eigenvalue weighted by atomic mass is 9.43. The maximum Gasteiger partial charge on any atom is 0.0865 e. The third-order valence-corrected chi connectivity index (χ3v) is 11.5. The number of hydrogen-bond donors (Lipinski definition) is 3. The van der Waals surface area contributed by atoms with Crippen LogP contribution < -0.4 is 0 Å². The van der Waals surface area contributed by atoms with E-state index in [1.165, 1.54) is 5.57 Å². The fraction of sp³-hybridized carbons (Fsp3) is 0.931. The predicted molar refractivity (Wildman–Crippen MR) is 133 cm³/mol. The summed E-state index contributed by atoms with van der Waals surface area (Å²) in [7, 11) is 0. The lowest BCUT2D eigenvalue weighted by Crippen LogP contribution is -2.60. The Morgan fingerprint density at radius 1 is 0.970 bits per heavy atom. The van der Waals surface area contributed by atoms with E-state index in [-0.39, 0.29) is 33.9 Å². The highest BCUT2D eigenvalue weighted by Crippen LogP contribution is 2.72. The van der Waals surface area contributed by atoms with Gasteiger partial charge < -0.3 is 20.1 Å². The van der Waals surface area contributed by atoms with Crippen molar-refractivity contribution in [3.05, 3.63) is 11.6 Å². The molecule has 4 heteroatoms. The van der Waals surface area contributed by atoms with E-state index >= 15 is 0 Å². The number of aliphatic hydroxyl groups is 3. The van der Waals surface area contributed by atoms with E-state index in [0.29, 0.717) is 11.8 Å². The van der Waals surface area contributed by atoms with Crippen molar-refractivity contribution in [3.8, 4) is 0 Å². The zero-order chi connectivity index (χ0) is 24.8. The number of aliphatic hydroxyl groups excluding tert-OH is 1. The van der Waals surface area contributed by atoms with Crippen LogP contribution in [0.3, 0.4) is 0 Å². The molecule has 190 valence electrons. The second kappa shape index (κ2) is 7.54. The maximum atomic E-state index is 11.4. The van der Waals surface area contributed by atoms with Crippen LogP contribution in [0.5, 0.6) is 0 Å². The lowest BCUT2D eigenvalue weighted by Gasteiger charge is -2.62. The van der Waals surface area contributed by atoms with Gasteiger partial charge in [-0.1, -0.05) is 39.3 Å². The first-order valence-corrected chi connectivity index (χ1v) is 13.5. The Balaban J connectivity index is 1.73. The molecule has 1 saturated heterocycles. The van der Waals surface area contributed by atoms with Gasteiger partial charge in [0.05, 0.1) is 29.0 Å². The topological polar surface area (TPSA) is 69.9 Å². The molecule has 4 aliphatic rings. The second-order valence-electron chi connectivity index (χ2n) is 14.2. The van der Waals surface area contributed by atoms with Crippen molar-refractivity contribution >= 4 is 0 Å². The second-order valence-corrected chi connectivity index (χ2v) is 14.2. The molecule has 3 fully saturated rings. The summed E-state index contributed by atoms with van der Waals surface area (Å²) in [6.45, 7) is 19.2. The molecule has 0 aromatic carbocycles. The summed E-state index contributed by atoms with van der Waals surface area (Å²) in [6.07, 6.45) is 8.75. The van der Waals surface area contributed by atoms with Gasteiger partial charge in [0.1, 0.15) is 0 Å². The molecule has 4 nitrogen and oxygen atoms in total. The molecule has 1 heterocycles. The first kappa shape index (κ1) is 25.7. The standard InChI is InChI=1S/C29H50O4/c1-10-26(6)18-11-14-28(8)21(29(9)16-13-22(33-29)24(2,3)31)12-15-27(28,7)19(18)17-20(30)23(26)25(4,5)32/h11,19-23,30-32H,10,12-17H2,1-9H3/t19?,20-,21-,22-,23-,26+,27-,28+,29+/m0/s1. The van der Waals surface area contributed by atoms with Crippen molar-refractivity contribution in [2.75, 3.05) is 0 Å². The smallest absolute Gasteiger partial charge is 0.0865 e. The molecular formula is C29H50O4. The van der Waals surface area contributed by atoms with Crippen LogP contribution in [0.25, 0.3) is 0 Å². The fourth-order valence-electron chi connectivity index (χ4n) is 9.47. The summed E-state index contributed by atoms with van der Waals surface area (Å²) >= 11 is 0. The Morgan fingerprint density at radius 2 is 1.61 bits per heavy atom. The highest BCUT2D eigenvalue weighted by molar-refractivity contribution is 5.33. The summed E-state index contributed by atoms with van der Waals surface area (Å²) < 4.78 is 6.68. The van der Waals surface area contributed by atoms with Crippen LogP contribution in [-0.4, -0.2) is 44.3 Å². The van der Waals surface area contributed by atoms with Crippen LogP contribution in [0, 0.1) is 34.0 Å². The van der Waals surface area contributed by atoms with Gasteiger partial charge in [0.25, 0.3) is 0 Å². The molecule has 0 aromatic heterocycles. The summed E-state index contributed by atoms with van der Waals surface area (Å²) in [5.41, 5.74) is -0.517. The Bertz CT molecular complexity index is 805. The van der Waals surface area contributed by atoms with Gasteiger partial charge in [-0.05, 0) is 108 Å². The third kappa shape index (κ3) is 3.52. The monoisotopic (exact) mass is 462 g/mol. The van der Waals surface area contributed by atoms with E-state index in [2.05, 4.69) is 40.7 Å². The molecule has 0 bridgehead atoms. The minimum absolute atomic E-state index is 0.0837. The Kier molecular flexibility index (Phi) is 5.86. The van der Waals surface area contributed by atoms with Crippen molar-refractivity contribution < 1.29 is 20.1 Å². The van der Waals surface area contributed by atoms with Crippen LogP contribution in [0.4, 0.5) is 0 Å². The maximum absolute atomic E-state index is 11.4. The van der Waals surface area contributed by atoms with Gasteiger partial charge in [-0.15, -0.1) is 0 Å². The number of fused-ring (bicyclic) bond motifs is 3. The Labute approximate surface area is 202 Å². The van der Waals surface area contributed by atoms with E-state index in [9.17, 15) is 15.3 Å². The minimum atomic E-state index is -0.923. The van der Waals surface area contributed by atoms with Gasteiger partial charge in [-0.25, -0.2) is 0 Å². The van der Waals surface area contributed by atoms with Crippen LogP contribution in [0.2, 0.25) is 0 Å². The molecule has 0 amide bonds. The van der Waals surface area contributed by atoms with Gasteiger partial charge in [-0.3, -0.25) is 0 Å². The van der Waals surface area contributed by atoms with Gasteiger partial charge >= 0.3 is 0 Å². The lowest BCUT2D eigenvalue weighted by molar-refractivity contribution is -0.169. The Morgan fingerprint density at radius 3 is 2.12 bits per heavy atom. The number of ether oxygens (including phenoxy) is 1. The number of rotatable bonds is 4. The number of allylic oxidation sites excluding steroid dienone is 2. The van der Waals surface area contributed by atoms with Crippen molar-refractivity contribution in [3.63, 3.8) is 0 Å². The van der Waals surface area contributed by atoms with Crippen molar-refractivity contribution in [1.82, 2.24) is 0 Å². The highest BCUT2D eigenvalue weighted by atomic mass is 16.5. The van der Waals surface area contributed by atoms with Gasteiger partial charge in [0.2, 0.25) is 0 Å². The SMILES string of the molecule is CC[C@]1(C)C2=CC[C@]3(C)[C@@H]([C@@]4(C)CC[C@@H](C(C)(C)O)O4)CC[C@@]3(C)C2C[C@H](O)[C@H]1C(C)(C)O. The minimum Gasteiger partial charge on any atom is -0.393 e. The van der Waals surface area contributed by atoms with E-state index in [4.69, 9.17) is 4.74 Å². The summed E-state index contributed by atoms with van der Waals surface area (Å²) in [5, 5.41) is 33.1. The molecule has 4 rings (SSSR count). The third-order valence-electron chi connectivity index (χ3n) is 11.5. The molecular weight excluding hydrogens is 412 g/mol. The van der Waals surface area contributed by atoms with Crippen LogP contribution in [0.1, 0.15) is 107 Å². The van der Waals surface area contributed by atoms with Gasteiger partial charge in [0, 0.05) is 5.92 Å². The van der Waals surface area contributed by atoms with E-state index in [0.717, 1.165) is 44.9 Å². The van der Waals surface area contributed by atoms with E-state index in [1.807, 2.05) is 27.7 Å². The molecule has 3 N–H and O–H groups in total. The Hall–Kier alpha value is -0.420. The van der Waals surface area contributed by atoms with Crippen LogP contribution in [0.15, 0.2) is 11.6 Å². The molecule has 1 unspecified atom stereocenters. The fourth-order valence-corrected chi connectivity index (χ4v) is 9.47. The molecule has 2 saturated carbocycles. The molecule has 1 aliphatic heterocycles. The summed E-state index contributed by atoms with van der Waals surface area (Å²) in [4.78, 5) is 0. The van der Waals surface area contributed by atoms with E-state index < -0.39 is 17.3 Å². The summed E-state index contributed by atoms with van der Waals surface area (Å²) in [5.74, 6) is 0.595. The predicted octanol–water partition coefficient (Wildman–Crippen LogP) is 5.63. The zero-order valence-corrected chi connectivity index (χ0v) is 22.7. The molecule has 3 aliphatic carbocycles. The van der Waals surface area contributed by atoms with Crippen molar-refractivity contribution in [2.24, 2.45) is 34.0 Å².